The monoisotopic (exact) mass is 244 g/mol. The van der Waals surface area contributed by atoms with Crippen LogP contribution in [-0.2, 0) is 16.0 Å². The first kappa shape index (κ1) is 11.3. The number of carbonyl (C=O) groups is 1. The van der Waals surface area contributed by atoms with Crippen molar-refractivity contribution < 1.29 is 9.53 Å². The number of aryl methyl sites for hydroxylation is 1. The van der Waals surface area contributed by atoms with E-state index in [1.54, 1.807) is 0 Å². The fourth-order valence-electron chi connectivity index (χ4n) is 2.86. The lowest BCUT2D eigenvalue weighted by Gasteiger charge is -2.22. The van der Waals surface area contributed by atoms with Gasteiger partial charge in [0.25, 0.3) is 0 Å². The Bertz CT molecular complexity index is 536. The summed E-state index contributed by atoms with van der Waals surface area (Å²) in [6.45, 7) is 0. The molecule has 0 saturated carbocycles. The van der Waals surface area contributed by atoms with Crippen molar-refractivity contribution in [2.45, 2.75) is 18.9 Å². The van der Waals surface area contributed by atoms with E-state index in [2.05, 4.69) is 23.6 Å². The molecule has 18 heavy (non-hydrogen) atoms. The quantitative estimate of drug-likeness (QED) is 0.757. The molecule has 4 heteroatoms. The third kappa shape index (κ3) is 1.53. The van der Waals surface area contributed by atoms with Crippen molar-refractivity contribution in [3.63, 3.8) is 0 Å². The number of rotatable bonds is 1. The molecule has 1 aromatic rings. The summed E-state index contributed by atoms with van der Waals surface area (Å²) in [7, 11) is 3.37. The minimum absolute atomic E-state index is 0.216. The Morgan fingerprint density at radius 2 is 2.17 bits per heavy atom. The number of fused-ring (bicyclic) bond motifs is 2. The molecule has 4 nitrogen and oxygen atoms in total. The van der Waals surface area contributed by atoms with Crippen LogP contribution < -0.4 is 5.43 Å². The minimum Gasteiger partial charge on any atom is -0.468 e. The maximum absolute atomic E-state index is 11.8. The second kappa shape index (κ2) is 4.14. The lowest BCUT2D eigenvalue weighted by atomic mass is 9.87. The van der Waals surface area contributed by atoms with E-state index in [0.717, 1.165) is 24.1 Å². The Kier molecular flexibility index (Phi) is 2.59. The van der Waals surface area contributed by atoms with Gasteiger partial charge >= 0.3 is 5.97 Å². The third-order valence-electron chi connectivity index (χ3n) is 3.68. The molecule has 2 aliphatic rings. The molecule has 94 valence electrons. The number of hydrogen-bond acceptors (Lipinski definition) is 4. The predicted octanol–water partition coefficient (Wildman–Crippen LogP) is 1.34. The van der Waals surface area contributed by atoms with E-state index >= 15 is 0 Å². The molecule has 0 fully saturated rings. The highest BCUT2D eigenvalue weighted by Gasteiger charge is 2.37. The van der Waals surface area contributed by atoms with Crippen molar-refractivity contribution >= 4 is 11.7 Å². The zero-order chi connectivity index (χ0) is 12.7. The van der Waals surface area contributed by atoms with E-state index in [1.807, 2.05) is 18.1 Å². The topological polar surface area (TPSA) is 41.6 Å². The Morgan fingerprint density at radius 1 is 1.39 bits per heavy atom. The Morgan fingerprint density at radius 3 is 2.94 bits per heavy atom. The number of carbonyl (C=O) groups excluding carboxylic acids is 1. The molecule has 0 bridgehead atoms. The normalized spacial score (nSPS) is 21.7. The van der Waals surface area contributed by atoms with Crippen LogP contribution in [0.5, 0.6) is 0 Å². The van der Waals surface area contributed by atoms with Crippen LogP contribution in [0.2, 0.25) is 0 Å². The van der Waals surface area contributed by atoms with Gasteiger partial charge in [-0.3, -0.25) is 0 Å². The van der Waals surface area contributed by atoms with Crippen LogP contribution in [0, 0.1) is 0 Å². The third-order valence-corrected chi connectivity index (χ3v) is 3.68. The van der Waals surface area contributed by atoms with Gasteiger partial charge in [-0.05, 0) is 24.0 Å². The summed E-state index contributed by atoms with van der Waals surface area (Å²) in [5.41, 5.74) is 8.01. The van der Waals surface area contributed by atoms with E-state index in [9.17, 15) is 4.79 Å². The van der Waals surface area contributed by atoms with Gasteiger partial charge in [0.1, 0.15) is 6.04 Å². The largest absolute Gasteiger partial charge is 0.468 e. The molecule has 0 radical (unpaired) electrons. The summed E-state index contributed by atoms with van der Waals surface area (Å²) in [5, 5.41) is 1.94. The molecule has 0 saturated heterocycles. The Labute approximate surface area is 106 Å². The number of esters is 1. The molecule has 0 aromatic heterocycles. The van der Waals surface area contributed by atoms with E-state index in [1.165, 1.54) is 18.2 Å². The maximum Gasteiger partial charge on any atom is 0.329 e. The molecule has 0 amide bonds. The molecule has 1 aromatic carbocycles. The first-order valence-corrected chi connectivity index (χ1v) is 6.11. The predicted molar refractivity (Wildman–Crippen MR) is 68.4 cm³/mol. The summed E-state index contributed by atoms with van der Waals surface area (Å²) in [6.07, 6.45) is 1.89. The number of ether oxygens (including phenoxy) is 1. The fraction of sp³-hybridized carbons (Fsp3) is 0.357. The molecule has 1 N–H and O–H groups in total. The highest BCUT2D eigenvalue weighted by Crippen LogP contribution is 2.37. The lowest BCUT2D eigenvalue weighted by molar-refractivity contribution is -0.142. The van der Waals surface area contributed by atoms with E-state index in [-0.39, 0.29) is 12.0 Å². The number of nitrogens with one attached hydrogen (secondary N) is 1. The number of nitrogens with zero attached hydrogens (tertiary/aromatic N) is 1. The molecular formula is C14H16N2O2. The average Bonchev–Trinajstić information content (AvgIpc) is 2.76. The van der Waals surface area contributed by atoms with E-state index < -0.39 is 0 Å². The van der Waals surface area contributed by atoms with E-state index in [0.29, 0.717) is 0 Å². The standard InChI is InChI=1S/C14H16N2O2/c1-16-13-10-6-4-3-5-9(10)7-8-11(13)12(15-16)14(17)18-2/h3-6,12,15H,7-8H2,1-2H3. The van der Waals surface area contributed by atoms with E-state index in [4.69, 9.17) is 4.74 Å². The Balaban J connectivity index is 2.09. The zero-order valence-corrected chi connectivity index (χ0v) is 10.6. The van der Waals surface area contributed by atoms with Crippen molar-refractivity contribution in [3.8, 4) is 0 Å². The van der Waals surface area contributed by atoms with Crippen LogP contribution in [0.15, 0.2) is 29.8 Å². The van der Waals surface area contributed by atoms with Gasteiger partial charge in [-0.15, -0.1) is 0 Å². The van der Waals surface area contributed by atoms with Crippen molar-refractivity contribution in [1.82, 2.24) is 10.4 Å². The van der Waals surface area contributed by atoms with Gasteiger partial charge in [0.2, 0.25) is 0 Å². The van der Waals surface area contributed by atoms with Gasteiger partial charge in [0.15, 0.2) is 0 Å². The molecule has 1 atom stereocenters. The molecule has 1 aliphatic carbocycles. The molecule has 1 aliphatic heterocycles. The number of benzene rings is 1. The van der Waals surface area contributed by atoms with Gasteiger partial charge < -0.3 is 9.75 Å². The van der Waals surface area contributed by atoms with Gasteiger partial charge in [0.05, 0.1) is 12.8 Å². The molecular weight excluding hydrogens is 228 g/mol. The van der Waals surface area contributed by atoms with Crippen LogP contribution >= 0.6 is 0 Å². The lowest BCUT2D eigenvalue weighted by Crippen LogP contribution is -2.40. The van der Waals surface area contributed by atoms with Crippen LogP contribution in [0.3, 0.4) is 0 Å². The summed E-state index contributed by atoms with van der Waals surface area (Å²) in [6, 6.07) is 8.03. The van der Waals surface area contributed by atoms with Crippen LogP contribution in [0.4, 0.5) is 0 Å². The minimum atomic E-state index is -0.330. The maximum atomic E-state index is 11.8. The fourth-order valence-corrected chi connectivity index (χ4v) is 2.86. The van der Waals surface area contributed by atoms with Gasteiger partial charge in [-0.1, -0.05) is 24.3 Å². The van der Waals surface area contributed by atoms with Crippen LogP contribution in [0.25, 0.3) is 5.70 Å². The number of hydrazine groups is 1. The second-order valence-corrected chi connectivity index (χ2v) is 4.68. The molecule has 3 rings (SSSR count). The summed E-state index contributed by atoms with van der Waals surface area (Å²) >= 11 is 0. The Hall–Kier alpha value is -1.81. The first-order valence-electron chi connectivity index (χ1n) is 6.11. The summed E-state index contributed by atoms with van der Waals surface area (Å²) in [5.74, 6) is -0.216. The molecule has 0 spiro atoms. The number of hydrogen-bond donors (Lipinski definition) is 1. The number of methoxy groups -OCH3 is 1. The zero-order valence-electron chi connectivity index (χ0n) is 10.6. The van der Waals surface area contributed by atoms with Crippen molar-refractivity contribution in [3.05, 3.63) is 41.0 Å². The highest BCUT2D eigenvalue weighted by molar-refractivity contribution is 5.87. The molecule has 1 heterocycles. The van der Waals surface area contributed by atoms with Crippen molar-refractivity contribution in [1.29, 1.82) is 0 Å². The SMILES string of the molecule is COC(=O)C1NN(C)C2=C1CCc1ccccc12. The first-order chi connectivity index (χ1) is 8.72. The smallest absolute Gasteiger partial charge is 0.329 e. The van der Waals surface area contributed by atoms with Gasteiger partial charge in [0, 0.05) is 12.6 Å². The summed E-state index contributed by atoms with van der Waals surface area (Å²) < 4.78 is 4.86. The van der Waals surface area contributed by atoms with Gasteiger partial charge in [-0.2, -0.15) is 0 Å². The van der Waals surface area contributed by atoms with Crippen LogP contribution in [0.1, 0.15) is 17.5 Å². The average molecular weight is 244 g/mol. The van der Waals surface area contributed by atoms with Crippen LogP contribution in [-0.4, -0.2) is 31.2 Å². The van der Waals surface area contributed by atoms with Gasteiger partial charge in [-0.25, -0.2) is 10.2 Å². The second-order valence-electron chi connectivity index (χ2n) is 4.68. The molecule has 1 unspecified atom stereocenters. The summed E-state index contributed by atoms with van der Waals surface area (Å²) in [4.78, 5) is 11.8. The van der Waals surface area contributed by atoms with Crippen molar-refractivity contribution in [2.75, 3.05) is 14.2 Å². The van der Waals surface area contributed by atoms with Crippen molar-refractivity contribution in [2.24, 2.45) is 0 Å². The highest BCUT2D eigenvalue weighted by atomic mass is 16.5.